The van der Waals surface area contributed by atoms with Crippen LogP contribution in [0.15, 0.2) is 29.3 Å². The van der Waals surface area contributed by atoms with Gasteiger partial charge in [-0.05, 0) is 18.4 Å². The summed E-state index contributed by atoms with van der Waals surface area (Å²) in [6.45, 7) is 9.07. The van der Waals surface area contributed by atoms with Crippen molar-refractivity contribution in [2.45, 2.75) is 39.9 Å². The van der Waals surface area contributed by atoms with Gasteiger partial charge >= 0.3 is 0 Å². The van der Waals surface area contributed by atoms with Crippen LogP contribution >= 0.6 is 11.3 Å². The van der Waals surface area contributed by atoms with E-state index in [1.807, 2.05) is 17.7 Å². The third-order valence-corrected chi connectivity index (χ3v) is 5.54. The number of benzene rings is 1. The fraction of sp³-hybridized carbons (Fsp3) is 0.471. The molecule has 21 heavy (non-hydrogen) atoms. The van der Waals surface area contributed by atoms with Gasteiger partial charge in [-0.3, -0.25) is 5.32 Å². The van der Waals surface area contributed by atoms with Gasteiger partial charge in [0.25, 0.3) is 0 Å². The highest BCUT2D eigenvalue weighted by molar-refractivity contribution is 7.19. The van der Waals surface area contributed by atoms with Crippen LogP contribution in [-0.4, -0.2) is 24.3 Å². The lowest BCUT2D eigenvalue weighted by Gasteiger charge is -2.36. The van der Waals surface area contributed by atoms with Crippen molar-refractivity contribution in [3.63, 3.8) is 0 Å². The van der Waals surface area contributed by atoms with E-state index in [-0.39, 0.29) is 11.6 Å². The highest BCUT2D eigenvalue weighted by atomic mass is 32.1. The van der Waals surface area contributed by atoms with Crippen LogP contribution in [0.2, 0.25) is 0 Å². The van der Waals surface area contributed by atoms with E-state index in [0.717, 1.165) is 5.69 Å². The van der Waals surface area contributed by atoms with Crippen LogP contribution in [0.3, 0.4) is 0 Å². The van der Waals surface area contributed by atoms with Crippen LogP contribution < -0.4 is 5.32 Å². The molecule has 0 saturated carbocycles. The highest BCUT2D eigenvalue weighted by Crippen LogP contribution is 2.44. The second-order valence-electron chi connectivity index (χ2n) is 6.88. The first-order valence-electron chi connectivity index (χ1n) is 7.41. The first kappa shape index (κ1) is 14.5. The predicted octanol–water partition coefficient (Wildman–Crippen LogP) is 4.53. The summed E-state index contributed by atoms with van der Waals surface area (Å²) in [4.78, 5) is 8.14. The molecule has 1 aliphatic rings. The van der Waals surface area contributed by atoms with E-state index in [0.29, 0.717) is 6.04 Å². The van der Waals surface area contributed by atoms with Gasteiger partial charge in [0.2, 0.25) is 0 Å². The molecule has 1 aromatic carbocycles. The summed E-state index contributed by atoms with van der Waals surface area (Å²) >= 11 is 1.85. The van der Waals surface area contributed by atoms with Crippen LogP contribution in [0, 0.1) is 5.41 Å². The SMILES string of the molecule is C[C@@H](NC1c2sc3ccccc3c2N=CN1C)C(C)(C)C. The number of aliphatic imine (C=N–C) groups is 1. The molecular formula is C17H23N3S. The highest BCUT2D eigenvalue weighted by Gasteiger charge is 2.30. The van der Waals surface area contributed by atoms with E-state index >= 15 is 0 Å². The Morgan fingerprint density at radius 1 is 1.29 bits per heavy atom. The van der Waals surface area contributed by atoms with E-state index < -0.39 is 0 Å². The first-order valence-corrected chi connectivity index (χ1v) is 8.23. The minimum atomic E-state index is 0.198. The smallest absolute Gasteiger partial charge is 0.118 e. The monoisotopic (exact) mass is 301 g/mol. The largest absolute Gasteiger partial charge is 0.345 e. The molecule has 4 heteroatoms. The number of rotatable bonds is 2. The van der Waals surface area contributed by atoms with Gasteiger partial charge in [0, 0.05) is 23.2 Å². The Morgan fingerprint density at radius 3 is 2.71 bits per heavy atom. The van der Waals surface area contributed by atoms with Crippen molar-refractivity contribution >= 4 is 33.4 Å². The zero-order valence-corrected chi connectivity index (χ0v) is 14.2. The van der Waals surface area contributed by atoms with Crippen LogP contribution in [-0.2, 0) is 0 Å². The molecule has 1 unspecified atom stereocenters. The molecule has 0 saturated heterocycles. The molecule has 0 bridgehead atoms. The molecule has 2 aromatic rings. The summed E-state index contributed by atoms with van der Waals surface area (Å²) in [5, 5.41) is 5.03. The molecule has 0 radical (unpaired) electrons. The van der Waals surface area contributed by atoms with Gasteiger partial charge in [0.05, 0.1) is 16.9 Å². The maximum absolute atomic E-state index is 4.65. The number of hydrogen-bond acceptors (Lipinski definition) is 4. The summed E-state index contributed by atoms with van der Waals surface area (Å²) in [6, 6.07) is 8.94. The molecule has 0 aliphatic carbocycles. The van der Waals surface area contributed by atoms with Gasteiger partial charge in [-0.2, -0.15) is 0 Å². The van der Waals surface area contributed by atoms with Crippen LogP contribution in [0.5, 0.6) is 0 Å². The Morgan fingerprint density at radius 2 is 2.00 bits per heavy atom. The summed E-state index contributed by atoms with van der Waals surface area (Å²) in [5.74, 6) is 0. The lowest BCUT2D eigenvalue weighted by atomic mass is 9.88. The van der Waals surface area contributed by atoms with E-state index in [9.17, 15) is 0 Å². The Labute approximate surface area is 130 Å². The maximum Gasteiger partial charge on any atom is 0.118 e. The quantitative estimate of drug-likeness (QED) is 0.882. The Kier molecular flexibility index (Phi) is 3.54. The summed E-state index contributed by atoms with van der Waals surface area (Å²) in [5.41, 5.74) is 1.36. The zero-order valence-electron chi connectivity index (χ0n) is 13.3. The van der Waals surface area contributed by atoms with Gasteiger partial charge in [0.15, 0.2) is 0 Å². The molecule has 3 nitrogen and oxygen atoms in total. The molecule has 0 amide bonds. The van der Waals surface area contributed by atoms with Crippen molar-refractivity contribution in [1.29, 1.82) is 0 Å². The topological polar surface area (TPSA) is 27.6 Å². The first-order chi connectivity index (χ1) is 9.88. The Hall–Kier alpha value is -1.39. The van der Waals surface area contributed by atoms with E-state index in [1.165, 1.54) is 15.0 Å². The summed E-state index contributed by atoms with van der Waals surface area (Å²) in [6.07, 6.45) is 2.14. The van der Waals surface area contributed by atoms with Crippen LogP contribution in [0.4, 0.5) is 5.69 Å². The molecule has 2 heterocycles. The average molecular weight is 301 g/mol. The van der Waals surface area contributed by atoms with E-state index in [4.69, 9.17) is 0 Å². The molecule has 1 N–H and O–H groups in total. The van der Waals surface area contributed by atoms with Crippen molar-refractivity contribution in [3.05, 3.63) is 29.1 Å². The fourth-order valence-electron chi connectivity index (χ4n) is 2.45. The number of thiophene rings is 1. The number of fused-ring (bicyclic) bond motifs is 3. The summed E-state index contributed by atoms with van der Waals surface area (Å²) < 4.78 is 1.31. The number of hydrogen-bond donors (Lipinski definition) is 1. The Bertz CT molecular complexity index is 681. The van der Waals surface area contributed by atoms with Gasteiger partial charge < -0.3 is 4.90 Å². The summed E-state index contributed by atoms with van der Waals surface area (Å²) in [7, 11) is 2.09. The molecule has 1 aromatic heterocycles. The maximum atomic E-state index is 4.65. The average Bonchev–Trinajstić information content (AvgIpc) is 2.79. The predicted molar refractivity (Wildman–Crippen MR) is 92.5 cm³/mol. The van der Waals surface area contributed by atoms with Crippen molar-refractivity contribution < 1.29 is 0 Å². The fourth-order valence-corrected chi connectivity index (χ4v) is 3.71. The zero-order chi connectivity index (χ0) is 15.2. The van der Waals surface area contributed by atoms with E-state index in [2.05, 4.69) is 74.2 Å². The van der Waals surface area contributed by atoms with E-state index in [1.54, 1.807) is 0 Å². The minimum absolute atomic E-state index is 0.198. The van der Waals surface area contributed by atoms with Crippen molar-refractivity contribution in [2.24, 2.45) is 10.4 Å². The molecule has 1 aliphatic heterocycles. The molecule has 112 valence electrons. The van der Waals surface area contributed by atoms with Crippen LogP contribution in [0.1, 0.15) is 38.7 Å². The van der Waals surface area contributed by atoms with Gasteiger partial charge in [0.1, 0.15) is 6.17 Å². The molecular weight excluding hydrogens is 278 g/mol. The normalized spacial score (nSPS) is 19.9. The number of nitrogens with one attached hydrogen (secondary N) is 1. The molecule has 2 atom stereocenters. The second-order valence-corrected chi connectivity index (χ2v) is 7.96. The molecule has 3 rings (SSSR count). The molecule has 0 spiro atoms. The van der Waals surface area contributed by atoms with Gasteiger partial charge in [-0.25, -0.2) is 4.99 Å². The third-order valence-electron chi connectivity index (χ3n) is 4.33. The minimum Gasteiger partial charge on any atom is -0.345 e. The van der Waals surface area contributed by atoms with Gasteiger partial charge in [-0.1, -0.05) is 39.0 Å². The third kappa shape index (κ3) is 2.58. The lowest BCUT2D eigenvalue weighted by molar-refractivity contribution is 0.210. The Balaban J connectivity index is 2.01. The van der Waals surface area contributed by atoms with Gasteiger partial charge in [-0.15, -0.1) is 11.3 Å². The standard InChI is InChI=1S/C17H23N3S/c1-11(17(2,3)4)19-16-15-14(18-10-20(16)5)12-8-6-7-9-13(12)21-15/h6-11,16,19H,1-5H3/t11-,16?/m1/s1. The second kappa shape index (κ2) is 5.11. The van der Waals surface area contributed by atoms with Crippen molar-refractivity contribution in [2.75, 3.05) is 7.05 Å². The molecule has 0 fully saturated rings. The van der Waals surface area contributed by atoms with Crippen LogP contribution in [0.25, 0.3) is 10.1 Å². The number of nitrogens with zero attached hydrogens (tertiary/aromatic N) is 2. The lowest BCUT2D eigenvalue weighted by Crippen LogP contribution is -2.45. The van der Waals surface area contributed by atoms with Crippen molar-refractivity contribution in [3.8, 4) is 0 Å². The van der Waals surface area contributed by atoms with Crippen molar-refractivity contribution in [1.82, 2.24) is 10.2 Å².